The molecule has 0 spiro atoms. The summed E-state index contributed by atoms with van der Waals surface area (Å²) >= 11 is 0. The summed E-state index contributed by atoms with van der Waals surface area (Å²) in [5.74, 6) is 0.856. The van der Waals surface area contributed by atoms with Crippen LogP contribution in [0.4, 0.5) is 0 Å². The van der Waals surface area contributed by atoms with Crippen LogP contribution in [0, 0.1) is 11.3 Å². The summed E-state index contributed by atoms with van der Waals surface area (Å²) in [5.41, 5.74) is 0.262. The van der Waals surface area contributed by atoms with Gasteiger partial charge in [-0.15, -0.1) is 0 Å². The summed E-state index contributed by atoms with van der Waals surface area (Å²) < 4.78 is 35.2. The second kappa shape index (κ2) is 7.55. The van der Waals surface area contributed by atoms with Crippen LogP contribution in [-0.2, 0) is 20.6 Å². The van der Waals surface area contributed by atoms with Crippen molar-refractivity contribution in [2.75, 3.05) is 24.8 Å². The summed E-state index contributed by atoms with van der Waals surface area (Å²) in [5, 5.41) is 3.35. The molecular weight excluding hydrogens is 306 g/mol. The second-order valence-electron chi connectivity index (χ2n) is 7.00. The average Bonchev–Trinajstić information content (AvgIpc) is 2.43. The largest absolute Gasteiger partial charge is 0.316 e. The lowest BCUT2D eigenvalue weighted by Crippen LogP contribution is -2.48. The van der Waals surface area contributed by atoms with Crippen molar-refractivity contribution in [3.63, 3.8) is 0 Å². The Balaban J connectivity index is 2.77. The van der Waals surface area contributed by atoms with E-state index in [9.17, 15) is 12.6 Å². The molecule has 1 aliphatic carbocycles. The molecule has 6 heteroatoms. The van der Waals surface area contributed by atoms with Gasteiger partial charge in [-0.3, -0.25) is 4.21 Å². The lowest BCUT2D eigenvalue weighted by Gasteiger charge is -2.42. The van der Waals surface area contributed by atoms with Gasteiger partial charge in [0.25, 0.3) is 0 Å². The zero-order valence-corrected chi connectivity index (χ0v) is 15.6. The van der Waals surface area contributed by atoms with Crippen LogP contribution in [0.3, 0.4) is 0 Å². The first-order chi connectivity index (χ1) is 9.60. The van der Waals surface area contributed by atoms with E-state index in [2.05, 4.69) is 26.1 Å². The van der Waals surface area contributed by atoms with E-state index < -0.39 is 20.6 Å². The minimum atomic E-state index is -3.04. The standard InChI is InChI=1S/C15H31NO3S2/c1-6-15(2,3)12-7-8-13(16-4)14(11-12)20(17)9-10-21(5,18)19/h12-14,16H,6-11H2,1-5H3. The molecular formula is C15H31NO3S2. The lowest BCUT2D eigenvalue weighted by molar-refractivity contribution is 0.142. The molecule has 4 unspecified atom stereocenters. The van der Waals surface area contributed by atoms with Crippen LogP contribution in [0.15, 0.2) is 0 Å². The SMILES string of the molecule is CCC(C)(C)C1CCC(NC)C(S(=O)CCS(C)(=O)=O)C1. The number of sulfone groups is 1. The molecule has 0 saturated heterocycles. The summed E-state index contributed by atoms with van der Waals surface area (Å²) in [7, 11) is -2.21. The summed E-state index contributed by atoms with van der Waals surface area (Å²) in [6.07, 6.45) is 5.45. The molecule has 0 aliphatic heterocycles. The second-order valence-corrected chi connectivity index (χ2v) is 11.0. The highest BCUT2D eigenvalue weighted by Crippen LogP contribution is 2.41. The highest BCUT2D eigenvalue weighted by atomic mass is 32.2. The average molecular weight is 338 g/mol. The predicted molar refractivity (Wildman–Crippen MR) is 90.8 cm³/mol. The van der Waals surface area contributed by atoms with Crippen molar-refractivity contribution in [2.24, 2.45) is 11.3 Å². The molecule has 0 aromatic heterocycles. The first-order valence-electron chi connectivity index (χ1n) is 7.83. The van der Waals surface area contributed by atoms with E-state index in [4.69, 9.17) is 0 Å². The fraction of sp³-hybridized carbons (Fsp3) is 1.00. The maximum atomic E-state index is 12.6. The van der Waals surface area contributed by atoms with Crippen LogP contribution >= 0.6 is 0 Å². The zero-order chi connectivity index (χ0) is 16.3. The Labute approximate surface area is 132 Å². The fourth-order valence-electron chi connectivity index (χ4n) is 3.13. The minimum absolute atomic E-state index is 0.0222. The Bertz CT molecular complexity index is 460. The van der Waals surface area contributed by atoms with Crippen molar-refractivity contribution in [1.29, 1.82) is 0 Å². The molecule has 1 saturated carbocycles. The van der Waals surface area contributed by atoms with Gasteiger partial charge in [0.1, 0.15) is 9.84 Å². The highest BCUT2D eigenvalue weighted by Gasteiger charge is 2.39. The third-order valence-corrected chi connectivity index (χ3v) is 8.18. The van der Waals surface area contributed by atoms with Gasteiger partial charge >= 0.3 is 0 Å². The van der Waals surface area contributed by atoms with Gasteiger partial charge in [0.05, 0.1) is 11.0 Å². The monoisotopic (exact) mass is 337 g/mol. The van der Waals surface area contributed by atoms with E-state index in [1.165, 1.54) is 6.26 Å². The molecule has 1 rings (SSSR count). The van der Waals surface area contributed by atoms with Crippen molar-refractivity contribution in [3.8, 4) is 0 Å². The van der Waals surface area contributed by atoms with Gasteiger partial charge in [-0.1, -0.05) is 27.2 Å². The Morgan fingerprint density at radius 2 is 1.90 bits per heavy atom. The maximum Gasteiger partial charge on any atom is 0.148 e. The van der Waals surface area contributed by atoms with Crippen molar-refractivity contribution in [3.05, 3.63) is 0 Å². The molecule has 126 valence electrons. The van der Waals surface area contributed by atoms with E-state index in [1.807, 2.05) is 7.05 Å². The number of hydrogen-bond acceptors (Lipinski definition) is 4. The van der Waals surface area contributed by atoms with Gasteiger partial charge in [0, 0.05) is 28.9 Å². The highest BCUT2D eigenvalue weighted by molar-refractivity contribution is 7.92. The van der Waals surface area contributed by atoms with E-state index in [-0.39, 0.29) is 28.2 Å². The summed E-state index contributed by atoms with van der Waals surface area (Å²) in [4.78, 5) is 0. The number of nitrogens with one attached hydrogen (secondary N) is 1. The zero-order valence-electron chi connectivity index (χ0n) is 14.0. The maximum absolute atomic E-state index is 12.6. The third kappa shape index (κ3) is 5.64. The predicted octanol–water partition coefficient (Wildman–Crippen LogP) is 1.97. The molecule has 0 heterocycles. The van der Waals surface area contributed by atoms with E-state index >= 15 is 0 Å². The fourth-order valence-corrected chi connectivity index (χ4v) is 6.39. The summed E-state index contributed by atoms with van der Waals surface area (Å²) in [6, 6.07) is 0.245. The molecule has 1 aliphatic rings. The van der Waals surface area contributed by atoms with Crippen LogP contribution in [-0.4, -0.2) is 48.7 Å². The first kappa shape index (κ1) is 19.1. The normalized spacial score (nSPS) is 29.3. The smallest absolute Gasteiger partial charge is 0.148 e. The van der Waals surface area contributed by atoms with E-state index in [1.54, 1.807) is 0 Å². The van der Waals surface area contributed by atoms with Gasteiger partial charge in [-0.05, 0) is 37.6 Å². The lowest BCUT2D eigenvalue weighted by atomic mass is 9.68. The molecule has 0 aromatic rings. The van der Waals surface area contributed by atoms with Gasteiger partial charge in [0.15, 0.2) is 0 Å². The Morgan fingerprint density at radius 3 is 2.38 bits per heavy atom. The van der Waals surface area contributed by atoms with Crippen LogP contribution < -0.4 is 5.32 Å². The Morgan fingerprint density at radius 1 is 1.29 bits per heavy atom. The molecule has 0 aromatic carbocycles. The van der Waals surface area contributed by atoms with E-state index in [0.717, 1.165) is 25.7 Å². The van der Waals surface area contributed by atoms with E-state index in [0.29, 0.717) is 5.92 Å². The number of hydrogen-bond donors (Lipinski definition) is 1. The molecule has 0 amide bonds. The molecule has 4 atom stereocenters. The molecule has 4 nitrogen and oxygen atoms in total. The Kier molecular flexibility index (Phi) is 6.87. The van der Waals surface area contributed by atoms with Gasteiger partial charge < -0.3 is 5.32 Å². The van der Waals surface area contributed by atoms with Crippen molar-refractivity contribution < 1.29 is 12.6 Å². The van der Waals surface area contributed by atoms with Crippen LogP contribution in [0.25, 0.3) is 0 Å². The van der Waals surface area contributed by atoms with Crippen molar-refractivity contribution in [1.82, 2.24) is 5.32 Å². The Hall–Kier alpha value is 0.0600. The van der Waals surface area contributed by atoms with Crippen molar-refractivity contribution >= 4 is 20.6 Å². The molecule has 0 radical (unpaired) electrons. The molecule has 21 heavy (non-hydrogen) atoms. The number of rotatable bonds is 7. The van der Waals surface area contributed by atoms with Crippen LogP contribution in [0.1, 0.15) is 46.5 Å². The topological polar surface area (TPSA) is 63.2 Å². The summed E-state index contributed by atoms with van der Waals surface area (Å²) in [6.45, 7) is 6.78. The molecule has 0 bridgehead atoms. The quantitative estimate of drug-likeness (QED) is 0.771. The minimum Gasteiger partial charge on any atom is -0.316 e. The van der Waals surface area contributed by atoms with Gasteiger partial charge in [-0.2, -0.15) is 0 Å². The van der Waals surface area contributed by atoms with Crippen LogP contribution in [0.5, 0.6) is 0 Å². The first-order valence-corrected chi connectivity index (χ1v) is 11.3. The third-order valence-electron chi connectivity index (χ3n) is 5.17. The van der Waals surface area contributed by atoms with Gasteiger partial charge in [-0.25, -0.2) is 8.42 Å². The molecule has 1 N–H and O–H groups in total. The van der Waals surface area contributed by atoms with Crippen LogP contribution in [0.2, 0.25) is 0 Å². The van der Waals surface area contributed by atoms with Crippen molar-refractivity contribution in [2.45, 2.75) is 57.7 Å². The molecule has 1 fully saturated rings. The van der Waals surface area contributed by atoms with Gasteiger partial charge in [0.2, 0.25) is 0 Å².